The van der Waals surface area contributed by atoms with Gasteiger partial charge in [-0.25, -0.2) is 4.39 Å². The van der Waals surface area contributed by atoms with Gasteiger partial charge in [0.05, 0.1) is 0 Å². The minimum absolute atomic E-state index is 0.116. The van der Waals surface area contributed by atoms with Gasteiger partial charge < -0.3 is 0 Å². The Morgan fingerprint density at radius 2 is 1.33 bits per heavy atom. The maximum atomic E-state index is 12.6. The smallest absolute Gasteiger partial charge is 0.126 e. The molecule has 15 heavy (non-hydrogen) atoms. The van der Waals surface area contributed by atoms with Crippen molar-refractivity contribution in [2.45, 2.75) is 54.4 Å². The normalized spacial score (nSPS) is 8.20. The molecule has 0 fully saturated rings. The zero-order chi connectivity index (χ0) is 12.3. The second kappa shape index (κ2) is 11.2. The van der Waals surface area contributed by atoms with Crippen LogP contribution in [0.25, 0.3) is 0 Å². The van der Waals surface area contributed by atoms with Crippen LogP contribution in [0.3, 0.4) is 0 Å². The molecule has 0 amide bonds. The van der Waals surface area contributed by atoms with Crippen LogP contribution in [-0.2, 0) is 0 Å². The maximum absolute atomic E-state index is 12.6. The van der Waals surface area contributed by atoms with Crippen molar-refractivity contribution in [1.29, 1.82) is 0 Å². The van der Waals surface area contributed by atoms with Crippen molar-refractivity contribution in [3.05, 3.63) is 35.1 Å². The summed E-state index contributed by atoms with van der Waals surface area (Å²) in [7, 11) is 0. The van der Waals surface area contributed by atoms with Gasteiger partial charge in [0.25, 0.3) is 0 Å². The van der Waals surface area contributed by atoms with Crippen LogP contribution >= 0.6 is 0 Å². The van der Waals surface area contributed by atoms with E-state index in [-0.39, 0.29) is 5.82 Å². The number of hydrogen-bond donors (Lipinski definition) is 0. The molecule has 1 aromatic rings. The van der Waals surface area contributed by atoms with E-state index in [2.05, 4.69) is 27.7 Å². The second-order valence-electron chi connectivity index (χ2n) is 3.67. The van der Waals surface area contributed by atoms with Gasteiger partial charge in [0.1, 0.15) is 5.82 Å². The van der Waals surface area contributed by atoms with Gasteiger partial charge in [-0.15, -0.1) is 0 Å². The Kier molecular flexibility index (Phi) is 12.4. The largest absolute Gasteiger partial charge is 0.207 e. The predicted molar refractivity (Wildman–Crippen MR) is 67.8 cm³/mol. The van der Waals surface area contributed by atoms with Gasteiger partial charge in [0.15, 0.2) is 0 Å². The average molecular weight is 212 g/mol. The number of rotatable bonds is 0. The van der Waals surface area contributed by atoms with E-state index in [9.17, 15) is 4.39 Å². The Balaban J connectivity index is 0. The Labute approximate surface area is 94.5 Å². The molecular formula is C14H25F. The summed E-state index contributed by atoms with van der Waals surface area (Å²) in [6.07, 6.45) is 2.50. The lowest BCUT2D eigenvalue weighted by molar-refractivity contribution is 0.617. The summed E-state index contributed by atoms with van der Waals surface area (Å²) in [5.74, 6) is -0.116. The summed E-state index contributed by atoms with van der Waals surface area (Å²) in [6, 6.07) is 5.22. The molecule has 0 aliphatic heterocycles. The third kappa shape index (κ3) is 11.1. The fourth-order valence-corrected chi connectivity index (χ4v) is 0.698. The van der Waals surface area contributed by atoms with Crippen LogP contribution in [-0.4, -0.2) is 0 Å². The third-order valence-electron chi connectivity index (χ3n) is 1.33. The van der Waals surface area contributed by atoms with Gasteiger partial charge in [0.2, 0.25) is 0 Å². The summed E-state index contributed by atoms with van der Waals surface area (Å²) in [6.45, 7) is 12.1. The number of aryl methyl sites for hydroxylation is 2. The molecule has 0 aliphatic rings. The van der Waals surface area contributed by atoms with Gasteiger partial charge in [-0.2, -0.15) is 0 Å². The molecule has 0 saturated heterocycles. The SMILES string of the molecule is CCC.CCC.Cc1ccc(C)c(F)c1. The highest BCUT2D eigenvalue weighted by molar-refractivity contribution is 5.21. The van der Waals surface area contributed by atoms with Gasteiger partial charge in [0, 0.05) is 0 Å². The van der Waals surface area contributed by atoms with Crippen LogP contribution in [0.2, 0.25) is 0 Å². The van der Waals surface area contributed by atoms with E-state index in [4.69, 9.17) is 0 Å². The number of hydrogen-bond acceptors (Lipinski definition) is 0. The molecule has 0 N–H and O–H groups in total. The Morgan fingerprint density at radius 3 is 1.60 bits per heavy atom. The minimum Gasteiger partial charge on any atom is -0.207 e. The molecule has 0 aromatic heterocycles. The molecule has 0 atom stereocenters. The summed E-state index contributed by atoms with van der Waals surface area (Å²) in [5, 5.41) is 0. The summed E-state index contributed by atoms with van der Waals surface area (Å²) in [4.78, 5) is 0. The molecule has 0 saturated carbocycles. The standard InChI is InChI=1S/C8H9F.2C3H8/c1-6-3-4-7(2)8(9)5-6;2*1-3-2/h3-5H,1-2H3;2*3H2,1-2H3. The predicted octanol–water partition coefficient (Wildman–Crippen LogP) is 5.28. The fraction of sp³-hybridized carbons (Fsp3) is 0.571. The lowest BCUT2D eigenvalue weighted by atomic mass is 10.2. The van der Waals surface area contributed by atoms with Gasteiger partial charge in [-0.05, 0) is 31.0 Å². The maximum Gasteiger partial charge on any atom is 0.126 e. The quantitative estimate of drug-likeness (QED) is 0.549. The van der Waals surface area contributed by atoms with Crippen molar-refractivity contribution in [2.24, 2.45) is 0 Å². The first-order valence-electron chi connectivity index (χ1n) is 5.76. The Hall–Kier alpha value is -0.850. The highest BCUT2D eigenvalue weighted by Crippen LogP contribution is 2.06. The molecule has 88 valence electrons. The van der Waals surface area contributed by atoms with E-state index in [1.54, 1.807) is 13.0 Å². The first-order valence-corrected chi connectivity index (χ1v) is 5.76. The van der Waals surface area contributed by atoms with Crippen LogP contribution in [0.5, 0.6) is 0 Å². The minimum atomic E-state index is -0.116. The van der Waals surface area contributed by atoms with Crippen LogP contribution in [0.1, 0.15) is 51.7 Å². The first kappa shape index (κ1) is 16.6. The summed E-state index contributed by atoms with van der Waals surface area (Å²) < 4.78 is 12.6. The zero-order valence-corrected chi connectivity index (χ0v) is 11.0. The Bertz CT molecular complexity index is 239. The third-order valence-corrected chi connectivity index (χ3v) is 1.33. The molecule has 0 radical (unpaired) electrons. The van der Waals surface area contributed by atoms with Gasteiger partial charge >= 0.3 is 0 Å². The molecule has 0 spiro atoms. The molecule has 0 aliphatic carbocycles. The summed E-state index contributed by atoms with van der Waals surface area (Å²) >= 11 is 0. The van der Waals surface area contributed by atoms with Crippen LogP contribution in [0.4, 0.5) is 4.39 Å². The van der Waals surface area contributed by atoms with Crippen molar-refractivity contribution < 1.29 is 4.39 Å². The van der Waals surface area contributed by atoms with E-state index in [1.807, 2.05) is 13.0 Å². The molecule has 1 rings (SSSR count). The van der Waals surface area contributed by atoms with Crippen molar-refractivity contribution in [3.8, 4) is 0 Å². The van der Waals surface area contributed by atoms with Crippen molar-refractivity contribution in [2.75, 3.05) is 0 Å². The molecule has 0 nitrogen and oxygen atoms in total. The van der Waals surface area contributed by atoms with Gasteiger partial charge in [-0.3, -0.25) is 0 Å². The van der Waals surface area contributed by atoms with Crippen molar-refractivity contribution in [3.63, 3.8) is 0 Å². The molecule has 0 heterocycles. The lowest BCUT2D eigenvalue weighted by Gasteiger charge is -1.94. The zero-order valence-electron chi connectivity index (χ0n) is 11.0. The molecule has 1 heteroatoms. The highest BCUT2D eigenvalue weighted by atomic mass is 19.1. The molecular weight excluding hydrogens is 187 g/mol. The van der Waals surface area contributed by atoms with E-state index in [0.717, 1.165) is 5.56 Å². The van der Waals surface area contributed by atoms with Crippen LogP contribution < -0.4 is 0 Å². The van der Waals surface area contributed by atoms with Crippen molar-refractivity contribution >= 4 is 0 Å². The Morgan fingerprint density at radius 1 is 0.933 bits per heavy atom. The van der Waals surface area contributed by atoms with E-state index in [1.165, 1.54) is 18.9 Å². The van der Waals surface area contributed by atoms with Crippen molar-refractivity contribution in [1.82, 2.24) is 0 Å². The van der Waals surface area contributed by atoms with E-state index < -0.39 is 0 Å². The van der Waals surface area contributed by atoms with E-state index >= 15 is 0 Å². The number of benzene rings is 1. The fourth-order valence-electron chi connectivity index (χ4n) is 0.698. The topological polar surface area (TPSA) is 0 Å². The van der Waals surface area contributed by atoms with E-state index in [0.29, 0.717) is 5.56 Å². The monoisotopic (exact) mass is 212 g/mol. The van der Waals surface area contributed by atoms with Crippen LogP contribution in [0.15, 0.2) is 18.2 Å². The van der Waals surface area contributed by atoms with Gasteiger partial charge in [-0.1, -0.05) is 52.7 Å². The average Bonchev–Trinajstić information content (AvgIpc) is 2.14. The number of halogens is 1. The molecule has 0 unspecified atom stereocenters. The highest BCUT2D eigenvalue weighted by Gasteiger charge is 1.93. The summed E-state index contributed by atoms with van der Waals surface area (Å²) in [5.41, 5.74) is 1.68. The van der Waals surface area contributed by atoms with Crippen LogP contribution in [0, 0.1) is 19.7 Å². The first-order chi connectivity index (χ1) is 7.03. The molecule has 1 aromatic carbocycles. The second-order valence-corrected chi connectivity index (χ2v) is 3.67. The molecule has 0 bridgehead atoms. The lowest BCUT2D eigenvalue weighted by Crippen LogP contribution is -1.81.